The first-order valence-corrected chi connectivity index (χ1v) is 8.22. The number of hydrogen-bond acceptors (Lipinski definition) is 4. The van der Waals surface area contributed by atoms with Crippen LogP contribution in [0.5, 0.6) is 0 Å². The van der Waals surface area contributed by atoms with Crippen LogP contribution in [0.1, 0.15) is 23.6 Å². The zero-order valence-electron chi connectivity index (χ0n) is 14.8. The van der Waals surface area contributed by atoms with Gasteiger partial charge in [0.25, 0.3) is 0 Å². The summed E-state index contributed by atoms with van der Waals surface area (Å²) >= 11 is 0. The molecule has 0 saturated carbocycles. The molecule has 2 N–H and O–H groups in total. The minimum Gasteiger partial charge on any atom is -0.390 e. The molecular formula is C18H27N3O3. The third-order valence-corrected chi connectivity index (χ3v) is 4.43. The van der Waals surface area contributed by atoms with E-state index in [2.05, 4.69) is 5.32 Å². The summed E-state index contributed by atoms with van der Waals surface area (Å²) in [5.74, 6) is -0.651. The zero-order chi connectivity index (χ0) is 17.9. The fraction of sp³-hybridized carbons (Fsp3) is 0.556. The number of benzene rings is 1. The molecule has 3 atom stereocenters. The Morgan fingerprint density at radius 3 is 2.58 bits per heavy atom. The van der Waals surface area contributed by atoms with Gasteiger partial charge in [0.1, 0.15) is 0 Å². The Kier molecular flexibility index (Phi) is 5.96. The number of nitrogens with one attached hydrogen (secondary N) is 1. The fourth-order valence-electron chi connectivity index (χ4n) is 3.16. The molecule has 2 amide bonds. The first-order valence-electron chi connectivity index (χ1n) is 8.22. The van der Waals surface area contributed by atoms with E-state index in [-0.39, 0.29) is 30.8 Å². The van der Waals surface area contributed by atoms with E-state index in [1.54, 1.807) is 11.9 Å². The molecule has 1 heterocycles. The maximum absolute atomic E-state index is 12.6. The van der Waals surface area contributed by atoms with Crippen molar-refractivity contribution >= 4 is 11.8 Å². The average molecular weight is 333 g/mol. The Morgan fingerprint density at radius 1 is 1.38 bits per heavy atom. The summed E-state index contributed by atoms with van der Waals surface area (Å²) < 4.78 is 0. The van der Waals surface area contributed by atoms with Gasteiger partial charge in [0.15, 0.2) is 0 Å². The molecule has 24 heavy (non-hydrogen) atoms. The Hall–Kier alpha value is -1.92. The maximum atomic E-state index is 12.6. The highest BCUT2D eigenvalue weighted by molar-refractivity contribution is 5.90. The van der Waals surface area contributed by atoms with Crippen molar-refractivity contribution in [2.45, 2.75) is 25.5 Å². The van der Waals surface area contributed by atoms with Crippen LogP contribution in [-0.2, 0) is 9.59 Å². The van der Waals surface area contributed by atoms with Crippen LogP contribution in [-0.4, -0.2) is 67.1 Å². The highest BCUT2D eigenvalue weighted by Gasteiger charge is 2.42. The van der Waals surface area contributed by atoms with Crippen LogP contribution in [0.4, 0.5) is 0 Å². The van der Waals surface area contributed by atoms with Crippen molar-refractivity contribution in [3.05, 3.63) is 35.4 Å². The monoisotopic (exact) mass is 333 g/mol. The molecule has 1 aliphatic rings. The Bertz CT molecular complexity index is 586. The quantitative estimate of drug-likeness (QED) is 0.798. The normalized spacial score (nSPS) is 22.1. The number of rotatable bonds is 6. The summed E-state index contributed by atoms with van der Waals surface area (Å²) in [6.07, 6.45) is -0.429. The predicted octanol–water partition coefficient (Wildman–Crippen LogP) is 0.553. The maximum Gasteiger partial charge on any atom is 0.226 e. The van der Waals surface area contributed by atoms with Crippen LogP contribution in [0.25, 0.3) is 0 Å². The van der Waals surface area contributed by atoms with Crippen molar-refractivity contribution in [2.24, 2.45) is 5.92 Å². The van der Waals surface area contributed by atoms with Crippen LogP contribution in [0.2, 0.25) is 0 Å². The standard InChI is InChI=1S/C18H27N3O3/c1-12-5-7-13(8-6-12)17-15(9-16(23)21(17)4)18(24)19-10-14(22)11-20(2)3/h5-8,14-15,17,22H,9-11H2,1-4H3,(H,19,24)/t14-,15+,17-/m1/s1. The lowest BCUT2D eigenvalue weighted by atomic mass is 9.92. The van der Waals surface area contributed by atoms with E-state index in [0.717, 1.165) is 11.1 Å². The van der Waals surface area contributed by atoms with Crippen LogP contribution >= 0.6 is 0 Å². The lowest BCUT2D eigenvalue weighted by molar-refractivity contribution is -0.128. The first-order chi connectivity index (χ1) is 11.3. The van der Waals surface area contributed by atoms with E-state index in [9.17, 15) is 14.7 Å². The van der Waals surface area contributed by atoms with E-state index >= 15 is 0 Å². The number of carbonyl (C=O) groups is 2. The van der Waals surface area contributed by atoms with Gasteiger partial charge >= 0.3 is 0 Å². The Balaban J connectivity index is 2.07. The van der Waals surface area contributed by atoms with Crippen molar-refractivity contribution in [3.8, 4) is 0 Å². The number of amides is 2. The molecule has 0 radical (unpaired) electrons. The van der Waals surface area contributed by atoms with E-state index in [1.165, 1.54) is 0 Å². The number of aliphatic hydroxyl groups excluding tert-OH is 1. The third-order valence-electron chi connectivity index (χ3n) is 4.43. The number of likely N-dealkylation sites (N-methyl/N-ethyl adjacent to an activating group) is 1. The summed E-state index contributed by atoms with van der Waals surface area (Å²) in [5.41, 5.74) is 2.10. The van der Waals surface area contributed by atoms with Crippen molar-refractivity contribution < 1.29 is 14.7 Å². The lowest BCUT2D eigenvalue weighted by Crippen LogP contribution is -2.41. The zero-order valence-corrected chi connectivity index (χ0v) is 14.8. The number of likely N-dealkylation sites (tertiary alicyclic amines) is 1. The highest BCUT2D eigenvalue weighted by Crippen LogP contribution is 2.37. The Morgan fingerprint density at radius 2 is 2.00 bits per heavy atom. The summed E-state index contributed by atoms with van der Waals surface area (Å²) in [7, 11) is 5.47. The molecule has 132 valence electrons. The largest absolute Gasteiger partial charge is 0.390 e. The second kappa shape index (κ2) is 7.77. The minimum atomic E-state index is -0.628. The van der Waals surface area contributed by atoms with Crippen LogP contribution in [0, 0.1) is 12.8 Å². The second-order valence-corrected chi connectivity index (χ2v) is 6.83. The fourth-order valence-corrected chi connectivity index (χ4v) is 3.16. The molecular weight excluding hydrogens is 306 g/mol. The van der Waals surface area contributed by atoms with Gasteiger partial charge in [0.2, 0.25) is 11.8 Å². The summed E-state index contributed by atoms with van der Waals surface area (Å²) in [5, 5.41) is 12.7. The van der Waals surface area contributed by atoms with Gasteiger partial charge in [-0.15, -0.1) is 0 Å². The van der Waals surface area contributed by atoms with Gasteiger partial charge < -0.3 is 20.2 Å². The van der Waals surface area contributed by atoms with Crippen molar-refractivity contribution in [1.29, 1.82) is 0 Å². The van der Waals surface area contributed by atoms with Gasteiger partial charge in [0.05, 0.1) is 18.1 Å². The molecule has 6 nitrogen and oxygen atoms in total. The van der Waals surface area contributed by atoms with E-state index in [1.807, 2.05) is 50.2 Å². The molecule has 0 unspecified atom stereocenters. The summed E-state index contributed by atoms with van der Waals surface area (Å²) in [4.78, 5) is 28.2. The summed E-state index contributed by atoms with van der Waals surface area (Å²) in [6.45, 7) is 2.67. The number of hydrogen-bond donors (Lipinski definition) is 2. The van der Waals surface area contributed by atoms with Crippen molar-refractivity contribution in [3.63, 3.8) is 0 Å². The number of aliphatic hydroxyl groups is 1. The van der Waals surface area contributed by atoms with Crippen molar-refractivity contribution in [2.75, 3.05) is 34.2 Å². The molecule has 0 aromatic heterocycles. The van der Waals surface area contributed by atoms with E-state index in [0.29, 0.717) is 6.54 Å². The number of carbonyl (C=O) groups excluding carboxylic acids is 2. The molecule has 0 spiro atoms. The molecule has 0 bridgehead atoms. The molecule has 1 fully saturated rings. The molecule has 1 aliphatic heterocycles. The van der Waals surface area contributed by atoms with Gasteiger partial charge in [-0.25, -0.2) is 0 Å². The Labute approximate surface area is 143 Å². The topological polar surface area (TPSA) is 72.9 Å². The van der Waals surface area contributed by atoms with Crippen LogP contribution < -0.4 is 5.32 Å². The van der Waals surface area contributed by atoms with Gasteiger partial charge in [-0.1, -0.05) is 29.8 Å². The molecule has 1 aromatic rings. The number of aryl methyl sites for hydroxylation is 1. The molecule has 0 aliphatic carbocycles. The minimum absolute atomic E-state index is 0.0328. The van der Waals surface area contributed by atoms with Gasteiger partial charge in [-0.2, -0.15) is 0 Å². The SMILES string of the molecule is Cc1ccc([C@@H]2[C@@H](C(=O)NC[C@@H](O)CN(C)C)CC(=O)N2C)cc1. The van der Waals surface area contributed by atoms with Crippen LogP contribution in [0.3, 0.4) is 0 Å². The molecule has 2 rings (SSSR count). The van der Waals surface area contributed by atoms with Crippen LogP contribution in [0.15, 0.2) is 24.3 Å². The smallest absolute Gasteiger partial charge is 0.226 e. The molecule has 1 aromatic carbocycles. The lowest BCUT2D eigenvalue weighted by Gasteiger charge is -2.25. The van der Waals surface area contributed by atoms with Gasteiger partial charge in [-0.3, -0.25) is 9.59 Å². The van der Waals surface area contributed by atoms with Gasteiger partial charge in [0, 0.05) is 26.6 Å². The highest BCUT2D eigenvalue weighted by atomic mass is 16.3. The predicted molar refractivity (Wildman–Crippen MR) is 92.4 cm³/mol. The van der Waals surface area contributed by atoms with Gasteiger partial charge in [-0.05, 0) is 26.6 Å². The first kappa shape index (κ1) is 18.4. The second-order valence-electron chi connectivity index (χ2n) is 6.83. The third kappa shape index (κ3) is 4.33. The molecule has 6 heteroatoms. The molecule has 1 saturated heterocycles. The van der Waals surface area contributed by atoms with Crippen molar-refractivity contribution in [1.82, 2.24) is 15.1 Å². The number of nitrogens with zero attached hydrogens (tertiary/aromatic N) is 2. The summed E-state index contributed by atoms with van der Waals surface area (Å²) in [6, 6.07) is 7.65. The van der Waals surface area contributed by atoms with E-state index < -0.39 is 12.0 Å². The average Bonchev–Trinajstić information content (AvgIpc) is 2.81. The van der Waals surface area contributed by atoms with E-state index in [4.69, 9.17) is 0 Å².